The average Bonchev–Trinajstić information content (AvgIpc) is 2.62. The van der Waals surface area contributed by atoms with Crippen molar-refractivity contribution in [2.75, 3.05) is 5.32 Å². The molecule has 1 aromatic carbocycles. The number of hydrogen-bond acceptors (Lipinski definition) is 4. The number of pyridine rings is 2. The smallest absolute Gasteiger partial charge is 0.257 e. The van der Waals surface area contributed by atoms with Crippen LogP contribution in [0.5, 0.6) is 0 Å². The van der Waals surface area contributed by atoms with Crippen LogP contribution in [-0.4, -0.2) is 21.0 Å². The van der Waals surface area contributed by atoms with Gasteiger partial charge in [-0.25, -0.2) is 0 Å². The Hall–Kier alpha value is -3.05. The van der Waals surface area contributed by atoms with Crippen molar-refractivity contribution in [3.8, 4) is 11.4 Å². The van der Waals surface area contributed by atoms with Gasteiger partial charge in [-0.2, -0.15) is 0 Å². The van der Waals surface area contributed by atoms with E-state index < -0.39 is 0 Å². The van der Waals surface area contributed by atoms with E-state index in [1.807, 2.05) is 18.2 Å². The molecule has 0 spiro atoms. The van der Waals surface area contributed by atoms with Crippen LogP contribution >= 0.6 is 0 Å². The van der Waals surface area contributed by atoms with Crippen molar-refractivity contribution in [3.63, 3.8) is 0 Å². The molecule has 5 nitrogen and oxygen atoms in total. The Balaban J connectivity index is 1.91. The summed E-state index contributed by atoms with van der Waals surface area (Å²) in [7, 11) is 0. The van der Waals surface area contributed by atoms with Gasteiger partial charge in [0.25, 0.3) is 5.91 Å². The number of anilines is 1. The van der Waals surface area contributed by atoms with Gasteiger partial charge >= 0.3 is 0 Å². The van der Waals surface area contributed by atoms with Gasteiger partial charge < -0.3 is 10.4 Å². The number of rotatable bonds is 4. The van der Waals surface area contributed by atoms with Crippen LogP contribution in [0.25, 0.3) is 11.4 Å². The highest BCUT2D eigenvalue weighted by Gasteiger charge is 2.14. The Kier molecular flexibility index (Phi) is 4.40. The number of carbonyl (C=O) groups excluding carboxylic acids is 1. The molecule has 0 unspecified atom stereocenters. The van der Waals surface area contributed by atoms with E-state index in [0.29, 0.717) is 22.6 Å². The Labute approximate surface area is 133 Å². The standard InChI is InChI=1S/C18H15N3O2/c22-12-13-5-3-6-14(11-13)21-18(23)15-7-4-10-20-17(15)16-8-1-2-9-19-16/h1-11,22H,12H2,(H,21,23). The molecule has 2 N–H and O–H groups in total. The second-order valence-electron chi connectivity index (χ2n) is 4.93. The Bertz CT molecular complexity index is 819. The summed E-state index contributed by atoms with van der Waals surface area (Å²) in [6, 6.07) is 16.0. The Morgan fingerprint density at radius 3 is 2.65 bits per heavy atom. The molecule has 0 radical (unpaired) electrons. The average molecular weight is 305 g/mol. The molecule has 0 aliphatic carbocycles. The van der Waals surface area contributed by atoms with Crippen molar-refractivity contribution in [1.29, 1.82) is 0 Å². The van der Waals surface area contributed by atoms with Gasteiger partial charge in [0.2, 0.25) is 0 Å². The van der Waals surface area contributed by atoms with Gasteiger partial charge in [-0.1, -0.05) is 18.2 Å². The van der Waals surface area contributed by atoms with Gasteiger partial charge in [-0.05, 0) is 42.0 Å². The number of aliphatic hydroxyl groups excluding tert-OH is 1. The van der Waals surface area contributed by atoms with Crippen molar-refractivity contribution in [2.24, 2.45) is 0 Å². The van der Waals surface area contributed by atoms with Crippen LogP contribution in [0, 0.1) is 0 Å². The molecule has 23 heavy (non-hydrogen) atoms. The fraction of sp³-hybridized carbons (Fsp3) is 0.0556. The van der Waals surface area contributed by atoms with Crippen molar-refractivity contribution >= 4 is 11.6 Å². The number of amides is 1. The second kappa shape index (κ2) is 6.81. The van der Waals surface area contributed by atoms with Gasteiger partial charge in [0, 0.05) is 18.1 Å². The highest BCUT2D eigenvalue weighted by molar-refractivity contribution is 6.07. The molecule has 0 saturated heterocycles. The van der Waals surface area contributed by atoms with Crippen molar-refractivity contribution in [3.05, 3.63) is 78.1 Å². The highest BCUT2D eigenvalue weighted by atomic mass is 16.3. The fourth-order valence-electron chi connectivity index (χ4n) is 2.24. The van der Waals surface area contributed by atoms with Crippen LogP contribution in [0.4, 0.5) is 5.69 Å². The largest absolute Gasteiger partial charge is 0.392 e. The van der Waals surface area contributed by atoms with E-state index in [2.05, 4.69) is 15.3 Å². The molecule has 0 atom stereocenters. The first kappa shape index (κ1) is 14.9. The first-order chi connectivity index (χ1) is 11.3. The molecule has 0 aliphatic heterocycles. The molecule has 2 heterocycles. The van der Waals surface area contributed by atoms with E-state index in [-0.39, 0.29) is 12.5 Å². The van der Waals surface area contributed by atoms with Crippen molar-refractivity contribution in [2.45, 2.75) is 6.61 Å². The number of aromatic nitrogens is 2. The van der Waals surface area contributed by atoms with Gasteiger partial charge in [-0.3, -0.25) is 14.8 Å². The van der Waals surface area contributed by atoms with E-state index in [1.165, 1.54) is 0 Å². The summed E-state index contributed by atoms with van der Waals surface area (Å²) in [6.07, 6.45) is 3.30. The third-order valence-corrected chi connectivity index (χ3v) is 3.33. The molecule has 0 aliphatic rings. The van der Waals surface area contributed by atoms with Gasteiger partial charge in [0.05, 0.1) is 17.9 Å². The van der Waals surface area contributed by atoms with E-state index in [9.17, 15) is 9.90 Å². The first-order valence-corrected chi connectivity index (χ1v) is 7.15. The summed E-state index contributed by atoms with van der Waals surface area (Å²) < 4.78 is 0. The maximum Gasteiger partial charge on any atom is 0.257 e. The normalized spacial score (nSPS) is 10.3. The molecule has 114 valence electrons. The zero-order chi connectivity index (χ0) is 16.1. The number of nitrogens with zero attached hydrogens (tertiary/aromatic N) is 2. The molecule has 2 aromatic heterocycles. The molecular formula is C18H15N3O2. The zero-order valence-corrected chi connectivity index (χ0v) is 12.3. The zero-order valence-electron chi connectivity index (χ0n) is 12.3. The molecule has 0 bridgehead atoms. The minimum atomic E-state index is -0.270. The van der Waals surface area contributed by atoms with E-state index in [1.54, 1.807) is 48.8 Å². The van der Waals surface area contributed by atoms with Crippen LogP contribution in [0.1, 0.15) is 15.9 Å². The van der Waals surface area contributed by atoms with E-state index in [0.717, 1.165) is 5.56 Å². The monoisotopic (exact) mass is 305 g/mol. The minimum Gasteiger partial charge on any atom is -0.392 e. The van der Waals surface area contributed by atoms with Crippen LogP contribution in [0.15, 0.2) is 67.0 Å². The predicted octanol–water partition coefficient (Wildman–Crippen LogP) is 2.89. The maximum absolute atomic E-state index is 12.6. The second-order valence-corrected chi connectivity index (χ2v) is 4.93. The molecule has 0 saturated carbocycles. The van der Waals surface area contributed by atoms with E-state index in [4.69, 9.17) is 0 Å². The van der Waals surface area contributed by atoms with Gasteiger partial charge in [0.1, 0.15) is 5.69 Å². The number of nitrogens with one attached hydrogen (secondary N) is 1. The topological polar surface area (TPSA) is 75.1 Å². The summed E-state index contributed by atoms with van der Waals surface area (Å²) in [5.41, 5.74) is 2.98. The summed E-state index contributed by atoms with van der Waals surface area (Å²) in [5, 5.41) is 12.0. The number of aliphatic hydroxyl groups is 1. The molecule has 1 amide bonds. The van der Waals surface area contributed by atoms with Crippen LogP contribution in [0.2, 0.25) is 0 Å². The summed E-state index contributed by atoms with van der Waals surface area (Å²) in [6.45, 7) is -0.0736. The lowest BCUT2D eigenvalue weighted by Crippen LogP contribution is -2.14. The van der Waals surface area contributed by atoms with Gasteiger partial charge in [-0.15, -0.1) is 0 Å². The highest BCUT2D eigenvalue weighted by Crippen LogP contribution is 2.20. The number of hydrogen-bond donors (Lipinski definition) is 2. The summed E-state index contributed by atoms with van der Waals surface area (Å²) in [4.78, 5) is 21.1. The van der Waals surface area contributed by atoms with Crippen molar-refractivity contribution < 1.29 is 9.90 Å². The number of carbonyl (C=O) groups is 1. The third-order valence-electron chi connectivity index (χ3n) is 3.33. The Morgan fingerprint density at radius 1 is 1.00 bits per heavy atom. The molecule has 3 rings (SSSR count). The lowest BCUT2D eigenvalue weighted by molar-refractivity contribution is 0.102. The first-order valence-electron chi connectivity index (χ1n) is 7.15. The summed E-state index contributed by atoms with van der Waals surface area (Å²) >= 11 is 0. The summed E-state index contributed by atoms with van der Waals surface area (Å²) in [5.74, 6) is -0.270. The van der Waals surface area contributed by atoms with Crippen molar-refractivity contribution in [1.82, 2.24) is 9.97 Å². The van der Waals surface area contributed by atoms with Crippen LogP contribution < -0.4 is 5.32 Å². The SMILES string of the molecule is O=C(Nc1cccc(CO)c1)c1cccnc1-c1ccccn1. The third kappa shape index (κ3) is 3.41. The lowest BCUT2D eigenvalue weighted by atomic mass is 10.1. The lowest BCUT2D eigenvalue weighted by Gasteiger charge is -2.09. The molecule has 0 fully saturated rings. The fourth-order valence-corrected chi connectivity index (χ4v) is 2.24. The minimum absolute atomic E-state index is 0.0736. The molecular weight excluding hydrogens is 290 g/mol. The molecule has 5 heteroatoms. The van der Waals surface area contributed by atoms with E-state index >= 15 is 0 Å². The van der Waals surface area contributed by atoms with Gasteiger partial charge in [0.15, 0.2) is 0 Å². The quantitative estimate of drug-likeness (QED) is 0.777. The Morgan fingerprint density at radius 2 is 1.87 bits per heavy atom. The number of benzene rings is 1. The maximum atomic E-state index is 12.6. The van der Waals surface area contributed by atoms with Crippen LogP contribution in [0.3, 0.4) is 0 Å². The predicted molar refractivity (Wildman–Crippen MR) is 87.8 cm³/mol. The van der Waals surface area contributed by atoms with Crippen LogP contribution in [-0.2, 0) is 6.61 Å². The molecule has 3 aromatic rings.